The number of hydrogen-bond donors (Lipinski definition) is 0. The van der Waals surface area contributed by atoms with Gasteiger partial charge in [-0.3, -0.25) is 4.79 Å². The molecule has 4 heterocycles. The van der Waals surface area contributed by atoms with Crippen molar-refractivity contribution in [1.82, 2.24) is 19.6 Å². The topological polar surface area (TPSA) is 109 Å². The minimum absolute atomic E-state index is 0.0561. The molecule has 4 aliphatic heterocycles. The molecule has 4 saturated heterocycles. The summed E-state index contributed by atoms with van der Waals surface area (Å²) in [5.41, 5.74) is 9.76. The molecular formula is C69H118N4O7. The Morgan fingerprint density at radius 2 is 0.787 bits per heavy atom. The second-order valence-electron chi connectivity index (χ2n) is 18.0. The van der Waals surface area contributed by atoms with Gasteiger partial charge in [-0.15, -0.1) is 0 Å². The highest BCUT2D eigenvalue weighted by atomic mass is 16.6. The van der Waals surface area contributed by atoms with Crippen LogP contribution in [-0.4, -0.2) is 88.8 Å². The van der Waals surface area contributed by atoms with E-state index in [0.29, 0.717) is 57.0 Å². The van der Waals surface area contributed by atoms with Gasteiger partial charge in [0, 0.05) is 77.0 Å². The number of carbonyl (C=O) groups is 4. The fourth-order valence-corrected chi connectivity index (χ4v) is 7.92. The minimum Gasteiger partial charge on any atom is -0.449 e. The van der Waals surface area contributed by atoms with E-state index in [1.54, 1.807) is 14.7 Å². The van der Waals surface area contributed by atoms with Crippen molar-refractivity contribution in [3.8, 4) is 0 Å². The summed E-state index contributed by atoms with van der Waals surface area (Å²) in [5, 5.41) is 0. The molecule has 8 rings (SSSR count). The highest BCUT2D eigenvalue weighted by molar-refractivity contribution is 5.77. The fraction of sp³-hybridized carbons (Fsp3) is 0.594. The zero-order valence-corrected chi connectivity index (χ0v) is 55.4. The first-order valence-corrected chi connectivity index (χ1v) is 30.9. The second-order valence-corrected chi connectivity index (χ2v) is 18.0. The highest BCUT2D eigenvalue weighted by Gasteiger charge is 2.28. The number of carbonyl (C=O) groups excluding carboxylic acids is 4. The molecule has 4 unspecified atom stereocenters. The van der Waals surface area contributed by atoms with Gasteiger partial charge in [0.15, 0.2) is 0 Å². The van der Waals surface area contributed by atoms with Crippen molar-refractivity contribution < 1.29 is 33.4 Å². The Labute approximate surface area is 491 Å². The lowest BCUT2D eigenvalue weighted by atomic mass is 9.97. The van der Waals surface area contributed by atoms with Crippen LogP contribution in [0.2, 0.25) is 0 Å². The van der Waals surface area contributed by atoms with Gasteiger partial charge in [-0.05, 0) is 98.4 Å². The Hall–Kier alpha value is -5.84. The zero-order valence-electron chi connectivity index (χ0n) is 55.4. The van der Waals surface area contributed by atoms with Crippen molar-refractivity contribution in [2.45, 2.75) is 230 Å². The van der Waals surface area contributed by atoms with Crippen LogP contribution in [0.5, 0.6) is 0 Å². The maximum absolute atomic E-state index is 11.8. The lowest BCUT2D eigenvalue weighted by molar-refractivity contribution is -0.135. The second kappa shape index (κ2) is 51.3. The molecule has 80 heavy (non-hydrogen) atoms. The fourth-order valence-electron chi connectivity index (χ4n) is 7.92. The first-order chi connectivity index (χ1) is 38.7. The lowest BCUT2D eigenvalue weighted by Crippen LogP contribution is -2.43. The molecule has 11 nitrogen and oxygen atoms in total. The van der Waals surface area contributed by atoms with Crippen molar-refractivity contribution in [3.05, 3.63) is 142 Å². The number of amides is 4. The summed E-state index contributed by atoms with van der Waals surface area (Å²) < 4.78 is 15.4. The number of rotatable bonds is 8. The Kier molecular flexibility index (Phi) is 51.7. The van der Waals surface area contributed by atoms with Gasteiger partial charge in [0.2, 0.25) is 5.91 Å². The summed E-state index contributed by atoms with van der Waals surface area (Å²) in [5.74, 6) is 1.28. The van der Waals surface area contributed by atoms with Gasteiger partial charge >= 0.3 is 18.3 Å². The van der Waals surface area contributed by atoms with E-state index in [0.717, 1.165) is 45.4 Å². The molecule has 4 aromatic carbocycles. The van der Waals surface area contributed by atoms with E-state index in [-0.39, 0.29) is 30.4 Å². The molecule has 456 valence electrons. The van der Waals surface area contributed by atoms with Crippen LogP contribution in [0.3, 0.4) is 0 Å². The maximum Gasteiger partial charge on any atom is 0.410 e. The van der Waals surface area contributed by atoms with E-state index >= 15 is 0 Å². The number of aryl methyl sites for hydroxylation is 4. The summed E-state index contributed by atoms with van der Waals surface area (Å²) in [4.78, 5) is 54.0. The third-order valence-electron chi connectivity index (χ3n) is 12.4. The van der Waals surface area contributed by atoms with E-state index in [1.807, 2.05) is 171 Å². The molecule has 0 radical (unpaired) electrons. The average Bonchev–Trinajstić information content (AvgIpc) is 3.49. The summed E-state index contributed by atoms with van der Waals surface area (Å²) in [6.07, 6.45) is 3.16. The van der Waals surface area contributed by atoms with Crippen molar-refractivity contribution in [2.75, 3.05) is 32.8 Å². The van der Waals surface area contributed by atoms with Crippen LogP contribution >= 0.6 is 0 Å². The molecule has 0 spiro atoms. The predicted octanol–water partition coefficient (Wildman–Crippen LogP) is 19.0. The molecule has 4 fully saturated rings. The SMILES string of the molecule is CC.CC.CC.CC.CC.CC.CC.CC.Cc1ccccc1CN1C(=O)OCCC1C.Cc1ccccc1CN1CC(C)COC1=O.Cc1ccccc1CN1CCC(C)CC1=O.Cc1ccccc1CN1CCC(C)OC1=O. The maximum atomic E-state index is 11.8. The third-order valence-corrected chi connectivity index (χ3v) is 12.4. The molecule has 0 aromatic heterocycles. The number of ether oxygens (including phenoxy) is 3. The molecule has 0 bridgehead atoms. The lowest BCUT2D eigenvalue weighted by Gasteiger charge is -2.33. The van der Waals surface area contributed by atoms with Crippen molar-refractivity contribution in [2.24, 2.45) is 11.8 Å². The van der Waals surface area contributed by atoms with Crippen LogP contribution in [0.4, 0.5) is 14.4 Å². The number of nitrogens with zero attached hydrogens (tertiary/aromatic N) is 4. The molecule has 4 atom stereocenters. The normalized spacial score (nSPS) is 17.3. The van der Waals surface area contributed by atoms with Crippen LogP contribution in [0.15, 0.2) is 97.1 Å². The van der Waals surface area contributed by atoms with E-state index < -0.39 is 0 Å². The van der Waals surface area contributed by atoms with E-state index in [2.05, 4.69) is 97.0 Å². The standard InChI is InChI=1S/C14H19NO.3C13H17NO2.8C2H6/c1-11-7-8-15(14(16)9-11)10-13-6-4-3-5-12(13)2;1-10-7-14(13(15)16-9-10)8-12-6-4-3-5-11(12)2;1-10-5-3-4-6-12(10)9-14-11(2)7-8-16-13(14)15;1-10-5-3-4-6-12(10)9-14-8-7-11(2)16-13(14)15;8*1-2/h3-6,11H,7-10H2,1-2H3;3-6,10H,7-9H2,1-2H3;2*3-6,11H,7-9H2,1-2H3;8*1-2H3. The number of piperidine rings is 1. The van der Waals surface area contributed by atoms with Crippen LogP contribution in [0.1, 0.15) is 209 Å². The summed E-state index contributed by atoms with van der Waals surface area (Å²) in [6.45, 7) is 54.8. The molecule has 0 saturated carbocycles. The molecule has 4 amide bonds. The molecule has 4 aromatic rings. The van der Waals surface area contributed by atoms with Crippen LogP contribution in [-0.2, 0) is 45.2 Å². The van der Waals surface area contributed by atoms with Crippen LogP contribution in [0, 0.1) is 39.5 Å². The van der Waals surface area contributed by atoms with Gasteiger partial charge in [-0.2, -0.15) is 0 Å². The Bertz CT molecular complexity index is 2080. The highest BCUT2D eigenvalue weighted by Crippen LogP contribution is 2.22. The Morgan fingerprint density at radius 3 is 1.18 bits per heavy atom. The number of cyclic esters (lactones) is 3. The van der Waals surface area contributed by atoms with Crippen molar-refractivity contribution >= 4 is 24.2 Å². The summed E-state index contributed by atoms with van der Waals surface area (Å²) >= 11 is 0. The first-order valence-electron chi connectivity index (χ1n) is 30.9. The average molecular weight is 1120 g/mol. The Balaban J connectivity index is -0.000000443. The molecule has 0 N–H and O–H groups in total. The monoisotopic (exact) mass is 1110 g/mol. The van der Waals surface area contributed by atoms with Gasteiger partial charge in [-0.25, -0.2) is 14.4 Å². The van der Waals surface area contributed by atoms with E-state index in [9.17, 15) is 19.2 Å². The van der Waals surface area contributed by atoms with E-state index in [4.69, 9.17) is 14.2 Å². The largest absolute Gasteiger partial charge is 0.449 e. The third kappa shape index (κ3) is 31.8. The quantitative estimate of drug-likeness (QED) is 0.162. The summed E-state index contributed by atoms with van der Waals surface area (Å²) in [6, 6.07) is 33.0. The molecule has 4 aliphatic rings. The first kappa shape index (κ1) is 80.6. The van der Waals surface area contributed by atoms with Crippen molar-refractivity contribution in [1.29, 1.82) is 0 Å². The van der Waals surface area contributed by atoms with Gasteiger partial charge < -0.3 is 33.8 Å². The number of likely N-dealkylation sites (tertiary alicyclic amines) is 1. The molecule has 0 aliphatic carbocycles. The van der Waals surface area contributed by atoms with Gasteiger partial charge in [0.1, 0.15) is 6.10 Å². The van der Waals surface area contributed by atoms with Crippen molar-refractivity contribution in [3.63, 3.8) is 0 Å². The van der Waals surface area contributed by atoms with Crippen LogP contribution in [0.25, 0.3) is 0 Å². The predicted molar refractivity (Wildman–Crippen MR) is 342 cm³/mol. The Morgan fingerprint density at radius 1 is 0.412 bits per heavy atom. The van der Waals surface area contributed by atoms with Gasteiger partial charge in [-0.1, -0.05) is 222 Å². The summed E-state index contributed by atoms with van der Waals surface area (Å²) in [7, 11) is 0. The van der Waals surface area contributed by atoms with Gasteiger partial charge in [0.25, 0.3) is 0 Å². The number of hydrogen-bond acceptors (Lipinski definition) is 7. The smallest absolute Gasteiger partial charge is 0.410 e. The van der Waals surface area contributed by atoms with E-state index in [1.165, 1.54) is 44.5 Å². The minimum atomic E-state index is -0.193. The zero-order chi connectivity index (χ0) is 62.2. The van der Waals surface area contributed by atoms with Crippen LogP contribution < -0.4 is 0 Å². The van der Waals surface area contributed by atoms with Gasteiger partial charge in [0.05, 0.1) is 13.2 Å². The molecular weight excluding hydrogens is 997 g/mol. The molecule has 11 heteroatoms. The number of benzene rings is 4.